The van der Waals surface area contributed by atoms with E-state index in [0.29, 0.717) is 5.54 Å². The number of aliphatic hydroxyl groups excluding tert-OH is 1. The summed E-state index contributed by atoms with van der Waals surface area (Å²) in [6.07, 6.45) is 3.91. The van der Waals surface area contributed by atoms with E-state index >= 15 is 0 Å². The van der Waals surface area contributed by atoms with Gasteiger partial charge in [-0.15, -0.1) is 0 Å². The fourth-order valence-electron chi connectivity index (χ4n) is 1.70. The SMILES string of the molecule is CC.CCCN(C)CCC1(C)CCN1.CO. The average molecular weight is 232 g/mol. The standard InChI is InChI=1S/C10H22N2.C2H6.CH4O/c1-4-8-12(3)9-6-10(2)5-7-11-10;2*1-2/h11H,4-9H2,1-3H3;1-2H3;2H,1H3. The van der Waals surface area contributed by atoms with E-state index in [0.717, 1.165) is 7.11 Å². The van der Waals surface area contributed by atoms with Crippen LogP contribution in [0.3, 0.4) is 0 Å². The molecule has 3 heteroatoms. The molecule has 1 unspecified atom stereocenters. The van der Waals surface area contributed by atoms with Crippen LogP contribution in [0, 0.1) is 0 Å². The van der Waals surface area contributed by atoms with Gasteiger partial charge in [0.15, 0.2) is 0 Å². The molecule has 0 saturated carbocycles. The van der Waals surface area contributed by atoms with E-state index in [4.69, 9.17) is 5.11 Å². The molecule has 1 aliphatic rings. The van der Waals surface area contributed by atoms with Crippen molar-refractivity contribution >= 4 is 0 Å². The zero-order chi connectivity index (χ0) is 13.0. The summed E-state index contributed by atoms with van der Waals surface area (Å²) in [6, 6.07) is 0. The lowest BCUT2D eigenvalue weighted by Gasteiger charge is -2.41. The Bertz CT molecular complexity index is 136. The second-order valence-corrected chi connectivity index (χ2v) is 4.29. The molecule has 3 nitrogen and oxygen atoms in total. The Balaban J connectivity index is 0. The van der Waals surface area contributed by atoms with Gasteiger partial charge in [-0.25, -0.2) is 0 Å². The largest absolute Gasteiger partial charge is 0.400 e. The Morgan fingerprint density at radius 1 is 1.25 bits per heavy atom. The molecule has 1 saturated heterocycles. The Morgan fingerprint density at radius 3 is 2.06 bits per heavy atom. The number of nitrogens with one attached hydrogen (secondary N) is 1. The van der Waals surface area contributed by atoms with Crippen molar-refractivity contribution in [1.82, 2.24) is 10.2 Å². The van der Waals surface area contributed by atoms with Crippen molar-refractivity contribution in [2.75, 3.05) is 33.8 Å². The number of hydrogen-bond acceptors (Lipinski definition) is 3. The third-order valence-corrected chi connectivity index (χ3v) is 2.88. The molecule has 100 valence electrons. The van der Waals surface area contributed by atoms with Crippen LogP contribution in [-0.4, -0.2) is 49.3 Å². The monoisotopic (exact) mass is 232 g/mol. The highest BCUT2D eigenvalue weighted by Crippen LogP contribution is 2.21. The third kappa shape index (κ3) is 8.08. The molecule has 2 N–H and O–H groups in total. The van der Waals surface area contributed by atoms with Crippen molar-refractivity contribution in [2.45, 2.75) is 52.5 Å². The van der Waals surface area contributed by atoms with E-state index < -0.39 is 0 Å². The Morgan fingerprint density at radius 2 is 1.75 bits per heavy atom. The van der Waals surface area contributed by atoms with Crippen molar-refractivity contribution < 1.29 is 5.11 Å². The predicted molar refractivity (Wildman–Crippen MR) is 72.9 cm³/mol. The van der Waals surface area contributed by atoms with Crippen molar-refractivity contribution in [2.24, 2.45) is 0 Å². The van der Waals surface area contributed by atoms with Gasteiger partial charge in [-0.2, -0.15) is 0 Å². The molecule has 0 aliphatic carbocycles. The first-order valence-corrected chi connectivity index (χ1v) is 6.54. The van der Waals surface area contributed by atoms with Crippen LogP contribution < -0.4 is 5.32 Å². The fourth-order valence-corrected chi connectivity index (χ4v) is 1.70. The van der Waals surface area contributed by atoms with E-state index in [9.17, 15) is 0 Å². The van der Waals surface area contributed by atoms with Crippen LogP contribution in [0.5, 0.6) is 0 Å². The summed E-state index contributed by atoms with van der Waals surface area (Å²) in [4.78, 5) is 2.42. The molecule has 16 heavy (non-hydrogen) atoms. The second kappa shape index (κ2) is 11.4. The van der Waals surface area contributed by atoms with E-state index in [1.165, 1.54) is 38.9 Å². The average Bonchev–Trinajstić information content (AvgIpc) is 2.30. The highest BCUT2D eigenvalue weighted by molar-refractivity contribution is 4.92. The zero-order valence-electron chi connectivity index (χ0n) is 12.1. The summed E-state index contributed by atoms with van der Waals surface area (Å²) < 4.78 is 0. The van der Waals surface area contributed by atoms with E-state index in [-0.39, 0.29) is 0 Å². The molecule has 0 aromatic heterocycles. The molecular weight excluding hydrogens is 200 g/mol. The minimum Gasteiger partial charge on any atom is -0.400 e. The van der Waals surface area contributed by atoms with Crippen LogP contribution in [0.4, 0.5) is 0 Å². The zero-order valence-corrected chi connectivity index (χ0v) is 12.1. The predicted octanol–water partition coefficient (Wildman–Crippen LogP) is 2.11. The topological polar surface area (TPSA) is 35.5 Å². The highest BCUT2D eigenvalue weighted by atomic mass is 16.2. The lowest BCUT2D eigenvalue weighted by molar-refractivity contribution is 0.185. The Kier molecular flexibility index (Phi) is 13.0. The van der Waals surface area contributed by atoms with Gasteiger partial charge in [0, 0.05) is 12.6 Å². The minimum atomic E-state index is 0.460. The maximum atomic E-state index is 7.00. The molecule has 1 fully saturated rings. The van der Waals surface area contributed by atoms with Crippen LogP contribution in [0.1, 0.15) is 47.0 Å². The second-order valence-electron chi connectivity index (χ2n) is 4.29. The highest BCUT2D eigenvalue weighted by Gasteiger charge is 2.30. The smallest absolute Gasteiger partial charge is 0.0319 e. The molecule has 0 amide bonds. The van der Waals surface area contributed by atoms with E-state index in [2.05, 4.69) is 31.1 Å². The number of aliphatic hydroxyl groups is 1. The number of nitrogens with zero attached hydrogens (tertiary/aromatic N) is 1. The van der Waals surface area contributed by atoms with Gasteiger partial charge < -0.3 is 15.3 Å². The Labute approximate surface area is 102 Å². The molecule has 0 aromatic carbocycles. The molecule has 1 aliphatic heterocycles. The first-order chi connectivity index (χ1) is 7.66. The number of rotatable bonds is 5. The molecule has 0 bridgehead atoms. The molecule has 0 aromatic rings. The summed E-state index contributed by atoms with van der Waals surface area (Å²) in [7, 11) is 3.21. The molecule has 1 atom stereocenters. The van der Waals surface area contributed by atoms with Crippen LogP contribution in [0.15, 0.2) is 0 Å². The van der Waals surface area contributed by atoms with Crippen LogP contribution in [0.25, 0.3) is 0 Å². The normalized spacial score (nSPS) is 22.5. The van der Waals surface area contributed by atoms with Gasteiger partial charge >= 0.3 is 0 Å². The van der Waals surface area contributed by atoms with Crippen LogP contribution >= 0.6 is 0 Å². The first kappa shape index (κ1) is 18.3. The lowest BCUT2D eigenvalue weighted by atomic mass is 9.87. The molecular formula is C13H32N2O. The lowest BCUT2D eigenvalue weighted by Crippen LogP contribution is -2.55. The van der Waals surface area contributed by atoms with Gasteiger partial charge in [0.25, 0.3) is 0 Å². The molecule has 1 heterocycles. The summed E-state index contributed by atoms with van der Waals surface area (Å²) in [5.74, 6) is 0. The maximum absolute atomic E-state index is 7.00. The number of hydrogen-bond donors (Lipinski definition) is 2. The summed E-state index contributed by atoms with van der Waals surface area (Å²) in [5.41, 5.74) is 0.460. The van der Waals surface area contributed by atoms with Crippen LogP contribution in [-0.2, 0) is 0 Å². The maximum Gasteiger partial charge on any atom is 0.0319 e. The van der Waals surface area contributed by atoms with Gasteiger partial charge in [0.1, 0.15) is 0 Å². The molecule has 1 rings (SSSR count). The van der Waals surface area contributed by atoms with Crippen molar-refractivity contribution in [3.05, 3.63) is 0 Å². The van der Waals surface area contributed by atoms with Crippen LogP contribution in [0.2, 0.25) is 0 Å². The van der Waals surface area contributed by atoms with Crippen molar-refractivity contribution in [3.63, 3.8) is 0 Å². The summed E-state index contributed by atoms with van der Waals surface area (Å²) in [5, 5.41) is 10.5. The van der Waals surface area contributed by atoms with E-state index in [1.54, 1.807) is 0 Å². The molecule has 0 spiro atoms. The van der Waals surface area contributed by atoms with E-state index in [1.807, 2.05) is 13.8 Å². The first-order valence-electron chi connectivity index (χ1n) is 6.54. The van der Waals surface area contributed by atoms with Gasteiger partial charge in [0.2, 0.25) is 0 Å². The van der Waals surface area contributed by atoms with Gasteiger partial charge in [-0.1, -0.05) is 20.8 Å². The summed E-state index contributed by atoms with van der Waals surface area (Å²) >= 11 is 0. The van der Waals surface area contributed by atoms with Crippen molar-refractivity contribution in [1.29, 1.82) is 0 Å². The van der Waals surface area contributed by atoms with Crippen molar-refractivity contribution in [3.8, 4) is 0 Å². The minimum absolute atomic E-state index is 0.460. The third-order valence-electron chi connectivity index (χ3n) is 2.88. The Hall–Kier alpha value is -0.120. The molecule has 0 radical (unpaired) electrons. The van der Waals surface area contributed by atoms with Gasteiger partial charge in [-0.3, -0.25) is 0 Å². The summed E-state index contributed by atoms with van der Waals surface area (Å²) in [6.45, 7) is 12.2. The quantitative estimate of drug-likeness (QED) is 0.762. The van der Waals surface area contributed by atoms with Gasteiger partial charge in [0.05, 0.1) is 0 Å². The van der Waals surface area contributed by atoms with Gasteiger partial charge in [-0.05, 0) is 52.9 Å². The fraction of sp³-hybridized carbons (Fsp3) is 1.00.